The molecule has 0 saturated carbocycles. The molecule has 0 radical (unpaired) electrons. The lowest BCUT2D eigenvalue weighted by molar-refractivity contribution is -0.384. The van der Waals surface area contributed by atoms with Gasteiger partial charge in [-0.3, -0.25) is 14.9 Å². The van der Waals surface area contributed by atoms with E-state index in [1.807, 2.05) is 0 Å². The van der Waals surface area contributed by atoms with Crippen LogP contribution in [0.4, 0.5) is 15.8 Å². The SMILES string of the molecule is CN(C(=O)c1cc(F)cc([N+](=O)[O-])c1N)C(C)(C)CO. The first-order valence-electron chi connectivity index (χ1n) is 5.74. The van der Waals surface area contributed by atoms with Gasteiger partial charge in [-0.25, -0.2) is 4.39 Å². The first-order valence-corrected chi connectivity index (χ1v) is 5.74. The molecule has 110 valence electrons. The zero-order valence-corrected chi connectivity index (χ0v) is 11.4. The van der Waals surface area contributed by atoms with Crippen LogP contribution in [0.1, 0.15) is 24.2 Å². The Morgan fingerprint density at radius 3 is 2.55 bits per heavy atom. The summed E-state index contributed by atoms with van der Waals surface area (Å²) in [6.45, 7) is 2.86. The molecule has 0 heterocycles. The number of benzene rings is 1. The zero-order valence-electron chi connectivity index (χ0n) is 11.4. The summed E-state index contributed by atoms with van der Waals surface area (Å²) >= 11 is 0. The van der Waals surface area contributed by atoms with E-state index in [1.165, 1.54) is 7.05 Å². The van der Waals surface area contributed by atoms with Crippen LogP contribution in [0.15, 0.2) is 12.1 Å². The molecule has 0 aliphatic rings. The maximum atomic E-state index is 13.4. The summed E-state index contributed by atoms with van der Waals surface area (Å²) in [4.78, 5) is 23.3. The van der Waals surface area contributed by atoms with Crippen LogP contribution in [-0.4, -0.2) is 40.0 Å². The first kappa shape index (κ1) is 15.8. The number of nitrogens with zero attached hydrogens (tertiary/aromatic N) is 2. The van der Waals surface area contributed by atoms with E-state index in [-0.39, 0.29) is 12.2 Å². The third-order valence-corrected chi connectivity index (χ3v) is 3.15. The van der Waals surface area contributed by atoms with Gasteiger partial charge in [-0.05, 0) is 19.9 Å². The molecule has 0 unspecified atom stereocenters. The van der Waals surface area contributed by atoms with Gasteiger partial charge in [-0.15, -0.1) is 0 Å². The molecule has 3 N–H and O–H groups in total. The number of nitrogens with two attached hydrogens (primary N) is 1. The van der Waals surface area contributed by atoms with Crippen molar-refractivity contribution in [3.05, 3.63) is 33.6 Å². The summed E-state index contributed by atoms with van der Waals surface area (Å²) in [6.07, 6.45) is 0. The summed E-state index contributed by atoms with van der Waals surface area (Å²) in [5, 5.41) is 20.0. The van der Waals surface area contributed by atoms with Crippen LogP contribution in [0.5, 0.6) is 0 Å². The van der Waals surface area contributed by atoms with Gasteiger partial charge >= 0.3 is 0 Å². The second-order valence-corrected chi connectivity index (χ2v) is 4.98. The van der Waals surface area contributed by atoms with Gasteiger partial charge in [0.1, 0.15) is 11.5 Å². The molecule has 0 aliphatic carbocycles. The number of aliphatic hydroxyl groups excluding tert-OH is 1. The van der Waals surface area contributed by atoms with Crippen molar-refractivity contribution in [2.75, 3.05) is 19.4 Å². The van der Waals surface area contributed by atoms with E-state index >= 15 is 0 Å². The van der Waals surface area contributed by atoms with Crippen LogP contribution >= 0.6 is 0 Å². The smallest absolute Gasteiger partial charge is 0.295 e. The summed E-state index contributed by atoms with van der Waals surface area (Å²) in [5.74, 6) is -1.63. The van der Waals surface area contributed by atoms with Crippen molar-refractivity contribution < 1.29 is 19.2 Å². The van der Waals surface area contributed by atoms with Crippen LogP contribution in [0.25, 0.3) is 0 Å². The molecule has 0 atom stereocenters. The van der Waals surface area contributed by atoms with Gasteiger partial charge < -0.3 is 15.7 Å². The van der Waals surface area contributed by atoms with E-state index in [2.05, 4.69) is 0 Å². The van der Waals surface area contributed by atoms with Gasteiger partial charge in [0.15, 0.2) is 0 Å². The lowest BCUT2D eigenvalue weighted by Crippen LogP contribution is -2.47. The standard InChI is InChI=1S/C12H16FN3O4/c1-12(2,6-17)15(3)11(18)8-4-7(13)5-9(10(8)14)16(19)20/h4-5,17H,6,14H2,1-3H3. The van der Waals surface area contributed by atoms with E-state index in [1.54, 1.807) is 13.8 Å². The van der Waals surface area contributed by atoms with Crippen molar-refractivity contribution in [3.8, 4) is 0 Å². The number of carbonyl (C=O) groups is 1. The van der Waals surface area contributed by atoms with Gasteiger partial charge in [0, 0.05) is 7.05 Å². The highest BCUT2D eigenvalue weighted by molar-refractivity contribution is 6.01. The minimum absolute atomic E-state index is 0.305. The fourth-order valence-electron chi connectivity index (χ4n) is 1.49. The van der Waals surface area contributed by atoms with Crippen molar-refractivity contribution in [2.45, 2.75) is 19.4 Å². The Labute approximate surface area is 114 Å². The minimum atomic E-state index is -0.926. The molecule has 1 aromatic carbocycles. The molecule has 1 rings (SSSR count). The molecule has 0 aromatic heterocycles. The van der Waals surface area contributed by atoms with E-state index in [0.717, 1.165) is 11.0 Å². The Kier molecular flexibility index (Phi) is 4.29. The number of anilines is 1. The number of nitrogen functional groups attached to an aromatic ring is 1. The second-order valence-electron chi connectivity index (χ2n) is 4.98. The molecule has 0 aliphatic heterocycles. The molecule has 1 amide bonds. The highest BCUT2D eigenvalue weighted by Crippen LogP contribution is 2.28. The minimum Gasteiger partial charge on any atom is -0.394 e. The predicted octanol–water partition coefficient (Wildman–Crippen LogP) is 1.16. The third-order valence-electron chi connectivity index (χ3n) is 3.15. The van der Waals surface area contributed by atoms with Gasteiger partial charge in [0.2, 0.25) is 0 Å². The van der Waals surface area contributed by atoms with E-state index in [0.29, 0.717) is 6.07 Å². The zero-order chi connectivity index (χ0) is 15.7. The lowest BCUT2D eigenvalue weighted by atomic mass is 10.0. The predicted molar refractivity (Wildman–Crippen MR) is 70.7 cm³/mol. The molecule has 7 nitrogen and oxygen atoms in total. The van der Waals surface area contributed by atoms with Crippen molar-refractivity contribution in [1.82, 2.24) is 4.90 Å². The number of rotatable bonds is 4. The van der Waals surface area contributed by atoms with E-state index in [4.69, 9.17) is 5.73 Å². The van der Waals surface area contributed by atoms with Gasteiger partial charge in [-0.1, -0.05) is 0 Å². The van der Waals surface area contributed by atoms with Gasteiger partial charge in [0.25, 0.3) is 11.6 Å². The molecule has 0 fully saturated rings. The number of carbonyl (C=O) groups excluding carboxylic acids is 1. The number of hydrogen-bond acceptors (Lipinski definition) is 5. The lowest BCUT2D eigenvalue weighted by Gasteiger charge is -2.34. The largest absolute Gasteiger partial charge is 0.394 e. The number of halogens is 1. The van der Waals surface area contributed by atoms with Gasteiger partial charge in [0.05, 0.1) is 28.7 Å². The molecule has 20 heavy (non-hydrogen) atoms. The monoisotopic (exact) mass is 285 g/mol. The summed E-state index contributed by atoms with van der Waals surface area (Å²) < 4.78 is 13.4. The van der Waals surface area contributed by atoms with Crippen molar-refractivity contribution in [3.63, 3.8) is 0 Å². The molecule has 1 aromatic rings. The Hall–Kier alpha value is -2.22. The quantitative estimate of drug-likeness (QED) is 0.490. The normalized spacial score (nSPS) is 11.2. The van der Waals surface area contributed by atoms with Crippen molar-refractivity contribution >= 4 is 17.3 Å². The van der Waals surface area contributed by atoms with Crippen LogP contribution in [0, 0.1) is 15.9 Å². The van der Waals surface area contributed by atoms with Crippen LogP contribution < -0.4 is 5.73 Å². The number of aliphatic hydroxyl groups is 1. The fourth-order valence-corrected chi connectivity index (χ4v) is 1.49. The van der Waals surface area contributed by atoms with E-state index < -0.39 is 33.6 Å². The maximum Gasteiger partial charge on any atom is 0.295 e. The second kappa shape index (κ2) is 5.41. The number of nitro benzene ring substituents is 1. The Morgan fingerprint density at radius 1 is 1.55 bits per heavy atom. The number of nitro groups is 1. The number of amides is 1. The van der Waals surface area contributed by atoms with E-state index in [9.17, 15) is 24.4 Å². The first-order chi connectivity index (χ1) is 9.11. The average Bonchev–Trinajstić information content (AvgIpc) is 2.38. The Balaban J connectivity index is 3.34. The highest BCUT2D eigenvalue weighted by atomic mass is 19.1. The highest BCUT2D eigenvalue weighted by Gasteiger charge is 2.31. The molecular formula is C12H16FN3O4. The van der Waals surface area contributed by atoms with Crippen LogP contribution in [0.2, 0.25) is 0 Å². The Bertz CT molecular complexity index is 560. The third kappa shape index (κ3) is 2.85. The number of likely N-dealkylation sites (N-methyl/N-ethyl adjacent to an activating group) is 1. The van der Waals surface area contributed by atoms with Crippen molar-refractivity contribution in [1.29, 1.82) is 0 Å². The van der Waals surface area contributed by atoms with Gasteiger partial charge in [-0.2, -0.15) is 0 Å². The molecule has 0 spiro atoms. The Morgan fingerprint density at radius 2 is 2.10 bits per heavy atom. The number of hydrogen-bond donors (Lipinski definition) is 2. The summed E-state index contributed by atoms with van der Waals surface area (Å²) in [6, 6.07) is 1.50. The molecule has 8 heteroatoms. The topological polar surface area (TPSA) is 110 Å². The molecule has 0 bridgehead atoms. The molecule has 0 saturated heterocycles. The average molecular weight is 285 g/mol. The fraction of sp³-hybridized carbons (Fsp3) is 0.417. The van der Waals surface area contributed by atoms with Crippen LogP contribution in [0.3, 0.4) is 0 Å². The summed E-state index contributed by atoms with van der Waals surface area (Å²) in [5.41, 5.74) is 3.28. The van der Waals surface area contributed by atoms with Crippen LogP contribution in [-0.2, 0) is 0 Å². The van der Waals surface area contributed by atoms with Crippen molar-refractivity contribution in [2.24, 2.45) is 0 Å². The summed E-state index contributed by atoms with van der Waals surface area (Å²) in [7, 11) is 1.40. The maximum absolute atomic E-state index is 13.4. The molecular weight excluding hydrogens is 269 g/mol.